The fourth-order valence-corrected chi connectivity index (χ4v) is 3.08. The smallest absolute Gasteiger partial charge is 0.214 e. The molecule has 7 heteroatoms. The fourth-order valence-electron chi connectivity index (χ4n) is 2.17. The highest BCUT2D eigenvalue weighted by Crippen LogP contribution is 2.30. The Hall–Kier alpha value is -3.11. The number of hydrogen-bond donors (Lipinski definition) is 0. The first-order valence-electron chi connectivity index (χ1n) is 6.47. The lowest BCUT2D eigenvalue weighted by Crippen LogP contribution is -1.91. The van der Waals surface area contributed by atoms with Crippen molar-refractivity contribution in [3.8, 4) is 27.9 Å². The first kappa shape index (κ1) is 12.6. The van der Waals surface area contributed by atoms with E-state index in [-0.39, 0.29) is 0 Å². The zero-order valence-corrected chi connectivity index (χ0v) is 12.0. The van der Waals surface area contributed by atoms with E-state index in [1.807, 2.05) is 24.3 Å². The maximum absolute atomic E-state index is 9.47. The molecule has 0 saturated heterocycles. The van der Waals surface area contributed by atoms with Gasteiger partial charge in [0.05, 0.1) is 0 Å². The topological polar surface area (TPSA) is 79.8 Å². The zero-order valence-electron chi connectivity index (χ0n) is 11.2. The van der Waals surface area contributed by atoms with E-state index in [0.717, 1.165) is 16.1 Å². The molecule has 0 radical (unpaired) electrons. The van der Waals surface area contributed by atoms with Crippen LogP contribution in [-0.2, 0) is 0 Å². The van der Waals surface area contributed by atoms with Gasteiger partial charge in [-0.15, -0.1) is 0 Å². The molecule has 104 valence electrons. The second-order valence-corrected chi connectivity index (χ2v) is 5.45. The maximum Gasteiger partial charge on any atom is 0.214 e. The van der Waals surface area contributed by atoms with E-state index in [0.29, 0.717) is 16.3 Å². The summed E-state index contributed by atoms with van der Waals surface area (Å²) in [5, 5.41) is 14.8. The van der Waals surface area contributed by atoms with E-state index < -0.39 is 0 Å². The number of fused-ring (bicyclic) bond motifs is 1. The molecule has 0 amide bonds. The molecule has 4 aromatic rings. The number of pyridine rings is 2. The Morgan fingerprint density at radius 2 is 1.59 bits per heavy atom. The molecule has 0 aliphatic heterocycles. The van der Waals surface area contributed by atoms with Crippen LogP contribution in [0.15, 0.2) is 49.1 Å². The molecular weight excluding hydrogens is 296 g/mol. The minimum absolute atomic E-state index is 0.428. The van der Waals surface area contributed by atoms with Crippen LogP contribution in [0, 0.1) is 11.3 Å². The lowest BCUT2D eigenvalue weighted by molar-refractivity contribution is 0.960. The van der Waals surface area contributed by atoms with Crippen molar-refractivity contribution in [1.29, 1.82) is 5.26 Å². The minimum atomic E-state index is 0.428. The van der Waals surface area contributed by atoms with Crippen LogP contribution in [0.4, 0.5) is 0 Å². The van der Waals surface area contributed by atoms with Crippen LogP contribution in [0.3, 0.4) is 0 Å². The largest absolute Gasteiger partial charge is 0.265 e. The van der Waals surface area contributed by atoms with Gasteiger partial charge in [-0.2, -0.15) is 14.9 Å². The van der Waals surface area contributed by atoms with Crippen molar-refractivity contribution in [3.63, 3.8) is 0 Å². The standard InChI is InChI=1S/C15H8N6S/c16-9-12-13(10-1-5-17-6-2-10)19-15-21(12)20-14(22-15)11-3-7-18-8-4-11/h1-8H. The van der Waals surface area contributed by atoms with Gasteiger partial charge in [0.1, 0.15) is 16.8 Å². The molecule has 0 fully saturated rings. The average molecular weight is 304 g/mol. The maximum atomic E-state index is 9.47. The van der Waals surface area contributed by atoms with Crippen LogP contribution in [0.2, 0.25) is 0 Å². The molecule has 0 aliphatic carbocycles. The third-order valence-electron chi connectivity index (χ3n) is 3.19. The quantitative estimate of drug-likeness (QED) is 0.569. The Morgan fingerprint density at radius 1 is 0.955 bits per heavy atom. The van der Waals surface area contributed by atoms with Crippen LogP contribution >= 0.6 is 11.3 Å². The number of nitrogens with zero attached hydrogens (tertiary/aromatic N) is 6. The van der Waals surface area contributed by atoms with Gasteiger partial charge in [-0.05, 0) is 24.3 Å². The van der Waals surface area contributed by atoms with E-state index in [2.05, 4.69) is 26.1 Å². The van der Waals surface area contributed by atoms with Gasteiger partial charge in [0, 0.05) is 35.9 Å². The molecule has 6 nitrogen and oxygen atoms in total. The Labute approximate surface area is 129 Å². The number of aromatic nitrogens is 5. The summed E-state index contributed by atoms with van der Waals surface area (Å²) in [6.07, 6.45) is 6.79. The summed E-state index contributed by atoms with van der Waals surface area (Å²) in [7, 11) is 0. The molecule has 0 N–H and O–H groups in total. The van der Waals surface area contributed by atoms with Gasteiger partial charge in [-0.1, -0.05) is 11.3 Å². The third kappa shape index (κ3) is 1.94. The molecule has 0 unspecified atom stereocenters. The first-order valence-corrected chi connectivity index (χ1v) is 7.29. The highest BCUT2D eigenvalue weighted by molar-refractivity contribution is 7.19. The third-order valence-corrected chi connectivity index (χ3v) is 4.15. The molecule has 0 aliphatic rings. The van der Waals surface area contributed by atoms with Gasteiger partial charge >= 0.3 is 0 Å². The Balaban J connectivity index is 1.90. The predicted octanol–water partition coefficient (Wildman–Crippen LogP) is 2.79. The summed E-state index contributed by atoms with van der Waals surface area (Å²) < 4.78 is 1.59. The number of hydrogen-bond acceptors (Lipinski definition) is 6. The number of nitriles is 1. The predicted molar refractivity (Wildman–Crippen MR) is 82.0 cm³/mol. The van der Waals surface area contributed by atoms with Crippen molar-refractivity contribution in [2.24, 2.45) is 0 Å². The highest BCUT2D eigenvalue weighted by atomic mass is 32.1. The Morgan fingerprint density at radius 3 is 2.23 bits per heavy atom. The van der Waals surface area contributed by atoms with E-state index in [1.54, 1.807) is 29.3 Å². The van der Waals surface area contributed by atoms with Crippen molar-refractivity contribution < 1.29 is 0 Å². The summed E-state index contributed by atoms with van der Waals surface area (Å²) >= 11 is 1.44. The summed E-state index contributed by atoms with van der Waals surface area (Å²) in [4.78, 5) is 13.2. The Bertz CT molecular complexity index is 981. The molecule has 4 aromatic heterocycles. The second-order valence-electron chi connectivity index (χ2n) is 4.49. The van der Waals surface area contributed by atoms with Crippen LogP contribution in [0.1, 0.15) is 5.69 Å². The lowest BCUT2D eigenvalue weighted by Gasteiger charge is -1.96. The van der Waals surface area contributed by atoms with Crippen molar-refractivity contribution in [2.45, 2.75) is 0 Å². The van der Waals surface area contributed by atoms with Gasteiger partial charge in [0.2, 0.25) is 4.96 Å². The van der Waals surface area contributed by atoms with Gasteiger partial charge in [-0.25, -0.2) is 4.98 Å². The number of imidazole rings is 1. The van der Waals surface area contributed by atoms with Crippen LogP contribution in [0.5, 0.6) is 0 Å². The summed E-state index contributed by atoms with van der Waals surface area (Å²) in [5.41, 5.74) is 2.87. The van der Waals surface area contributed by atoms with Crippen LogP contribution < -0.4 is 0 Å². The van der Waals surface area contributed by atoms with E-state index in [9.17, 15) is 5.26 Å². The monoisotopic (exact) mass is 304 g/mol. The molecule has 0 spiro atoms. The van der Waals surface area contributed by atoms with Crippen molar-refractivity contribution in [3.05, 3.63) is 54.7 Å². The summed E-state index contributed by atoms with van der Waals surface area (Å²) in [6.45, 7) is 0. The molecule has 4 rings (SSSR count). The van der Waals surface area contributed by atoms with Gasteiger partial charge in [0.15, 0.2) is 5.69 Å². The second kappa shape index (κ2) is 5.02. The molecule has 4 heterocycles. The number of rotatable bonds is 2. The van der Waals surface area contributed by atoms with Crippen molar-refractivity contribution >= 4 is 16.3 Å². The Kier molecular flexibility index (Phi) is 2.88. The molecule has 0 saturated carbocycles. The van der Waals surface area contributed by atoms with Crippen molar-refractivity contribution in [1.82, 2.24) is 24.6 Å². The normalized spacial score (nSPS) is 10.7. The zero-order chi connectivity index (χ0) is 14.9. The van der Waals surface area contributed by atoms with E-state index in [4.69, 9.17) is 0 Å². The minimum Gasteiger partial charge on any atom is -0.265 e. The van der Waals surface area contributed by atoms with E-state index >= 15 is 0 Å². The van der Waals surface area contributed by atoms with Gasteiger partial charge < -0.3 is 0 Å². The van der Waals surface area contributed by atoms with Gasteiger partial charge in [0.25, 0.3) is 0 Å². The van der Waals surface area contributed by atoms with Crippen molar-refractivity contribution in [2.75, 3.05) is 0 Å². The fraction of sp³-hybridized carbons (Fsp3) is 0. The molecule has 0 aromatic carbocycles. The lowest BCUT2D eigenvalue weighted by atomic mass is 10.2. The van der Waals surface area contributed by atoms with Crippen LogP contribution in [0.25, 0.3) is 26.8 Å². The van der Waals surface area contributed by atoms with Crippen LogP contribution in [-0.4, -0.2) is 24.6 Å². The van der Waals surface area contributed by atoms with E-state index in [1.165, 1.54) is 11.3 Å². The SMILES string of the molecule is N#Cc1c(-c2ccncc2)nc2sc(-c3ccncc3)nn12. The first-order chi connectivity index (χ1) is 10.9. The molecule has 0 atom stereocenters. The highest BCUT2D eigenvalue weighted by Gasteiger charge is 2.18. The summed E-state index contributed by atoms with van der Waals surface area (Å²) in [5.74, 6) is 0. The molecular formula is C15H8N6S. The van der Waals surface area contributed by atoms with Gasteiger partial charge in [-0.3, -0.25) is 9.97 Å². The molecule has 22 heavy (non-hydrogen) atoms. The summed E-state index contributed by atoms with van der Waals surface area (Å²) in [6, 6.07) is 9.62. The average Bonchev–Trinajstić information content (AvgIpc) is 3.14. The molecule has 0 bridgehead atoms.